The molecule has 1 amide bonds. The Balaban J connectivity index is 0.00000363. The van der Waals surface area contributed by atoms with Gasteiger partial charge in [-0.05, 0) is 42.5 Å². The van der Waals surface area contributed by atoms with E-state index in [4.69, 9.17) is 10.3 Å². The van der Waals surface area contributed by atoms with E-state index in [0.717, 1.165) is 44.6 Å². The van der Waals surface area contributed by atoms with Crippen molar-refractivity contribution >= 4 is 29.7 Å². The summed E-state index contributed by atoms with van der Waals surface area (Å²) >= 11 is 0. The minimum atomic E-state index is -0.323. The maximum absolute atomic E-state index is 13.0. The standard InChI is InChI=1S/C24H31N5O2.ClH/c1-3-23(30)29(22-7-5-4-6-8-22)24(19-31-2)14-17-28(18-15-24)16-13-20-9-11-21(12-10-20)26-27-25;/h4-12H,3,13-19H2,1-2H3;1H. The number of hydrogen-bond donors (Lipinski definition) is 0. The van der Waals surface area contributed by atoms with Gasteiger partial charge in [-0.1, -0.05) is 54.5 Å². The van der Waals surface area contributed by atoms with E-state index >= 15 is 0 Å². The zero-order valence-corrected chi connectivity index (χ0v) is 19.6. The van der Waals surface area contributed by atoms with Crippen LogP contribution in [0.4, 0.5) is 11.4 Å². The van der Waals surface area contributed by atoms with Gasteiger partial charge < -0.3 is 14.5 Å². The molecule has 0 aromatic heterocycles. The summed E-state index contributed by atoms with van der Waals surface area (Å²) in [5.41, 5.74) is 11.0. The summed E-state index contributed by atoms with van der Waals surface area (Å²) in [6, 6.07) is 17.7. The Morgan fingerprint density at radius 2 is 1.81 bits per heavy atom. The molecule has 172 valence electrons. The van der Waals surface area contributed by atoms with E-state index in [2.05, 4.69) is 14.9 Å². The number of likely N-dealkylation sites (tertiary alicyclic amines) is 1. The summed E-state index contributed by atoms with van der Waals surface area (Å²) in [6.07, 6.45) is 3.15. The molecule has 0 N–H and O–H groups in total. The van der Waals surface area contributed by atoms with Crippen molar-refractivity contribution in [2.75, 3.05) is 38.3 Å². The average Bonchev–Trinajstić information content (AvgIpc) is 2.81. The van der Waals surface area contributed by atoms with Gasteiger partial charge in [-0.3, -0.25) is 4.79 Å². The molecule has 1 aliphatic heterocycles. The summed E-state index contributed by atoms with van der Waals surface area (Å²) in [7, 11) is 1.72. The summed E-state index contributed by atoms with van der Waals surface area (Å²) in [5, 5.41) is 3.62. The molecule has 3 rings (SSSR count). The third-order valence-electron chi connectivity index (χ3n) is 6.05. The summed E-state index contributed by atoms with van der Waals surface area (Å²) in [6.45, 7) is 5.24. The third-order valence-corrected chi connectivity index (χ3v) is 6.05. The number of hydrogen-bond acceptors (Lipinski definition) is 4. The van der Waals surface area contributed by atoms with E-state index < -0.39 is 0 Å². The number of halogens is 1. The molecule has 0 radical (unpaired) electrons. The van der Waals surface area contributed by atoms with Crippen molar-refractivity contribution in [2.24, 2.45) is 5.11 Å². The molecule has 0 aliphatic carbocycles. The van der Waals surface area contributed by atoms with E-state index in [1.165, 1.54) is 5.56 Å². The number of rotatable bonds is 9. The molecule has 0 atom stereocenters. The first-order valence-corrected chi connectivity index (χ1v) is 10.9. The van der Waals surface area contributed by atoms with Gasteiger partial charge in [0.2, 0.25) is 5.91 Å². The molecule has 7 nitrogen and oxygen atoms in total. The van der Waals surface area contributed by atoms with Crippen LogP contribution in [0.5, 0.6) is 0 Å². The molecular formula is C24H32ClN5O2. The lowest BCUT2D eigenvalue weighted by molar-refractivity contribution is -0.120. The van der Waals surface area contributed by atoms with Gasteiger partial charge in [0.05, 0.1) is 12.1 Å². The molecule has 1 fully saturated rings. The zero-order valence-electron chi connectivity index (χ0n) is 18.8. The lowest BCUT2D eigenvalue weighted by Gasteiger charge is -2.48. The van der Waals surface area contributed by atoms with Crippen molar-refractivity contribution < 1.29 is 9.53 Å². The number of carbonyl (C=O) groups is 1. The van der Waals surface area contributed by atoms with Crippen molar-refractivity contribution in [1.29, 1.82) is 0 Å². The number of anilines is 1. The quantitative estimate of drug-likeness (QED) is 0.282. The van der Waals surface area contributed by atoms with Crippen LogP contribution >= 0.6 is 12.4 Å². The first kappa shape index (κ1) is 25.7. The number of methoxy groups -OCH3 is 1. The highest BCUT2D eigenvalue weighted by Gasteiger charge is 2.42. The lowest BCUT2D eigenvalue weighted by atomic mass is 9.85. The third kappa shape index (κ3) is 6.24. The van der Waals surface area contributed by atoms with Crippen molar-refractivity contribution in [1.82, 2.24) is 4.90 Å². The first-order chi connectivity index (χ1) is 15.1. The Morgan fingerprint density at radius 3 is 2.38 bits per heavy atom. The average molecular weight is 458 g/mol. The molecule has 8 heteroatoms. The minimum absolute atomic E-state index is 0. The van der Waals surface area contributed by atoms with E-state index in [-0.39, 0.29) is 23.9 Å². The first-order valence-electron chi connectivity index (χ1n) is 10.9. The molecule has 2 aromatic carbocycles. The van der Waals surface area contributed by atoms with Gasteiger partial charge in [0.1, 0.15) is 0 Å². The van der Waals surface area contributed by atoms with Crippen LogP contribution in [0.25, 0.3) is 10.4 Å². The number of piperidine rings is 1. The Morgan fingerprint density at radius 1 is 1.16 bits per heavy atom. The second kappa shape index (κ2) is 12.5. The second-order valence-corrected chi connectivity index (χ2v) is 8.02. The van der Waals surface area contributed by atoms with Crippen LogP contribution in [-0.4, -0.2) is 49.7 Å². The fourth-order valence-corrected chi connectivity index (χ4v) is 4.38. The number of azide groups is 1. The maximum Gasteiger partial charge on any atom is 0.227 e. The second-order valence-electron chi connectivity index (χ2n) is 8.02. The molecule has 0 saturated carbocycles. The predicted molar refractivity (Wildman–Crippen MR) is 131 cm³/mol. The van der Waals surface area contributed by atoms with Crippen LogP contribution in [0.3, 0.4) is 0 Å². The van der Waals surface area contributed by atoms with Crippen LogP contribution in [0.1, 0.15) is 31.7 Å². The zero-order chi connectivity index (χ0) is 22.1. The monoisotopic (exact) mass is 457 g/mol. The summed E-state index contributed by atoms with van der Waals surface area (Å²) < 4.78 is 5.63. The van der Waals surface area contributed by atoms with Crippen LogP contribution in [0, 0.1) is 0 Å². The molecule has 32 heavy (non-hydrogen) atoms. The number of amides is 1. The van der Waals surface area contributed by atoms with E-state index in [0.29, 0.717) is 18.7 Å². The molecule has 1 aliphatic rings. The van der Waals surface area contributed by atoms with Crippen LogP contribution < -0.4 is 4.90 Å². The van der Waals surface area contributed by atoms with Crippen molar-refractivity contribution in [2.45, 2.75) is 38.1 Å². The number of nitrogens with zero attached hydrogens (tertiary/aromatic N) is 5. The molecule has 2 aromatic rings. The molecule has 0 unspecified atom stereocenters. The van der Waals surface area contributed by atoms with Gasteiger partial charge in [-0.25, -0.2) is 0 Å². The Kier molecular flexibility index (Phi) is 10.0. The Labute approximate surface area is 196 Å². The Hall–Kier alpha value is -2.57. The van der Waals surface area contributed by atoms with Crippen LogP contribution in [0.2, 0.25) is 0 Å². The van der Waals surface area contributed by atoms with Gasteiger partial charge >= 0.3 is 0 Å². The van der Waals surface area contributed by atoms with Gasteiger partial charge in [0.15, 0.2) is 0 Å². The summed E-state index contributed by atoms with van der Waals surface area (Å²) in [4.78, 5) is 20.2. The van der Waals surface area contributed by atoms with Gasteiger partial charge in [-0.2, -0.15) is 0 Å². The highest BCUT2D eigenvalue weighted by atomic mass is 35.5. The van der Waals surface area contributed by atoms with Gasteiger partial charge in [-0.15, -0.1) is 12.4 Å². The van der Waals surface area contributed by atoms with E-state index in [1.54, 1.807) is 7.11 Å². The molecule has 0 spiro atoms. The normalized spacial score (nSPS) is 15.3. The van der Waals surface area contributed by atoms with Gasteiger partial charge in [0.25, 0.3) is 0 Å². The fraction of sp³-hybridized carbons (Fsp3) is 0.458. The number of benzene rings is 2. The molecule has 1 heterocycles. The van der Waals surface area contributed by atoms with Crippen molar-refractivity contribution in [3.63, 3.8) is 0 Å². The topological polar surface area (TPSA) is 81.5 Å². The highest BCUT2D eigenvalue weighted by molar-refractivity contribution is 5.94. The van der Waals surface area contributed by atoms with Crippen molar-refractivity contribution in [3.8, 4) is 0 Å². The van der Waals surface area contributed by atoms with Crippen molar-refractivity contribution in [3.05, 3.63) is 70.6 Å². The number of ether oxygens (including phenoxy) is 1. The molecule has 0 bridgehead atoms. The maximum atomic E-state index is 13.0. The number of para-hydroxylation sites is 1. The lowest BCUT2D eigenvalue weighted by Crippen LogP contribution is -2.60. The minimum Gasteiger partial charge on any atom is -0.382 e. The van der Waals surface area contributed by atoms with Gasteiger partial charge in [0, 0.05) is 49.5 Å². The molecule has 1 saturated heterocycles. The molecular weight excluding hydrogens is 426 g/mol. The van der Waals surface area contributed by atoms with E-state index in [9.17, 15) is 4.79 Å². The van der Waals surface area contributed by atoms with Crippen LogP contribution in [-0.2, 0) is 16.0 Å². The predicted octanol–water partition coefficient (Wildman–Crippen LogP) is 5.52. The largest absolute Gasteiger partial charge is 0.382 e. The van der Waals surface area contributed by atoms with Crippen LogP contribution in [0.15, 0.2) is 59.7 Å². The number of carbonyl (C=O) groups excluding carboxylic acids is 1. The fourth-order valence-electron chi connectivity index (χ4n) is 4.38. The SMILES string of the molecule is CCC(=O)N(c1ccccc1)C1(COC)CCN(CCc2ccc(N=[N+]=[N-])cc2)CC1.Cl. The Bertz CT molecular complexity index is 892. The smallest absolute Gasteiger partial charge is 0.227 e. The highest BCUT2D eigenvalue weighted by Crippen LogP contribution is 2.34. The van der Waals surface area contributed by atoms with E-state index in [1.807, 2.05) is 66.4 Å². The summed E-state index contributed by atoms with van der Waals surface area (Å²) in [5.74, 6) is 0.136.